The smallest absolute Gasteiger partial charge is 0.454 e. The van der Waals surface area contributed by atoms with E-state index in [0.29, 0.717) is 35.6 Å². The molecule has 0 unspecified atom stereocenters. The summed E-state index contributed by atoms with van der Waals surface area (Å²) in [6, 6.07) is 16.7. The zero-order valence-electron chi connectivity index (χ0n) is 17.7. The first-order valence-electron chi connectivity index (χ1n) is 10.4. The third-order valence-corrected chi connectivity index (χ3v) is 6.01. The highest BCUT2D eigenvalue weighted by molar-refractivity contribution is 6.02. The first-order valence-corrected chi connectivity index (χ1v) is 10.4. The largest absolute Gasteiger partial charge is 0.573 e. The van der Waals surface area contributed by atoms with Crippen LogP contribution in [0.2, 0.25) is 0 Å². The Balaban J connectivity index is 0.00000274. The van der Waals surface area contributed by atoms with Crippen molar-refractivity contribution in [3.63, 3.8) is 0 Å². The predicted molar refractivity (Wildman–Crippen MR) is 118 cm³/mol. The molecule has 0 aromatic heterocycles. The van der Waals surface area contributed by atoms with Gasteiger partial charge in [-0.25, -0.2) is 0 Å². The van der Waals surface area contributed by atoms with Gasteiger partial charge in [-0.15, -0.1) is 13.2 Å². The number of benzene rings is 3. The average molecular weight is 457 g/mol. The first-order chi connectivity index (χ1) is 15.7. The molecule has 1 aliphatic heterocycles. The number of carbonyl (C=O) groups excluding carboxylic acids is 1. The fourth-order valence-electron chi connectivity index (χ4n) is 4.12. The molecule has 172 valence electrons. The maximum atomic E-state index is 13.2. The summed E-state index contributed by atoms with van der Waals surface area (Å²) in [4.78, 5) is 13.2. The van der Waals surface area contributed by atoms with Gasteiger partial charge in [0.1, 0.15) is 5.75 Å². The van der Waals surface area contributed by atoms with Crippen LogP contribution in [0.1, 0.15) is 25.4 Å². The van der Waals surface area contributed by atoms with E-state index in [-0.39, 0.29) is 25.4 Å². The molecule has 1 fully saturated rings. The van der Waals surface area contributed by atoms with Crippen LogP contribution in [0.25, 0.3) is 11.1 Å². The quantitative estimate of drug-likeness (QED) is 0.495. The van der Waals surface area contributed by atoms with E-state index in [2.05, 4.69) is 10.1 Å². The highest BCUT2D eigenvalue weighted by atomic mass is 19.4. The summed E-state index contributed by atoms with van der Waals surface area (Å²) in [6.45, 7) is 1.95. The van der Waals surface area contributed by atoms with Gasteiger partial charge in [0.2, 0.25) is 12.7 Å². The summed E-state index contributed by atoms with van der Waals surface area (Å²) in [7, 11) is 0. The number of fused-ring (bicyclic) bond motifs is 1. The third-order valence-electron chi connectivity index (χ3n) is 6.01. The molecule has 3 aromatic rings. The predicted octanol–water partition coefficient (Wildman–Crippen LogP) is 6.21. The maximum Gasteiger partial charge on any atom is 0.573 e. The summed E-state index contributed by atoms with van der Waals surface area (Å²) in [5, 5.41) is 2.88. The van der Waals surface area contributed by atoms with Crippen molar-refractivity contribution >= 4 is 11.6 Å². The first kappa shape index (κ1) is 21.2. The van der Waals surface area contributed by atoms with Crippen molar-refractivity contribution in [2.75, 3.05) is 12.1 Å². The molecule has 1 amide bonds. The molecule has 0 radical (unpaired) electrons. The van der Waals surface area contributed by atoms with Gasteiger partial charge >= 0.3 is 6.36 Å². The zero-order valence-corrected chi connectivity index (χ0v) is 17.7. The van der Waals surface area contributed by atoms with Gasteiger partial charge in [-0.05, 0) is 66.8 Å². The molecule has 0 saturated heterocycles. The lowest BCUT2D eigenvalue weighted by Crippen LogP contribution is -2.27. The van der Waals surface area contributed by atoms with Crippen LogP contribution in [-0.4, -0.2) is 19.1 Å². The second kappa shape index (κ2) is 7.72. The lowest BCUT2D eigenvalue weighted by molar-refractivity contribution is -0.274. The maximum absolute atomic E-state index is 13.2. The molecule has 0 spiro atoms. The Hall–Kier alpha value is -3.68. The van der Waals surface area contributed by atoms with E-state index >= 15 is 0 Å². The number of hydrogen-bond acceptors (Lipinski definition) is 4. The average Bonchev–Trinajstić information content (AvgIpc) is 3.45. The minimum absolute atomic E-state index is 0. The van der Waals surface area contributed by atoms with Crippen molar-refractivity contribution in [1.29, 1.82) is 0 Å². The number of hydrogen-bond donors (Lipinski definition) is 1. The van der Waals surface area contributed by atoms with Crippen LogP contribution in [0.5, 0.6) is 17.2 Å². The van der Waals surface area contributed by atoms with Crippen LogP contribution >= 0.6 is 0 Å². The van der Waals surface area contributed by atoms with Gasteiger partial charge in [-0.1, -0.05) is 30.3 Å². The van der Waals surface area contributed by atoms with Gasteiger partial charge in [0.15, 0.2) is 11.5 Å². The summed E-state index contributed by atoms with van der Waals surface area (Å²) in [6.07, 6.45) is -3.50. The number of amides is 1. The Morgan fingerprint density at radius 3 is 2.48 bits per heavy atom. The Morgan fingerprint density at radius 2 is 1.76 bits per heavy atom. The zero-order chi connectivity index (χ0) is 23.2. The molecular weight excluding hydrogens is 435 g/mol. The van der Waals surface area contributed by atoms with Crippen LogP contribution in [0.3, 0.4) is 0 Å². The van der Waals surface area contributed by atoms with E-state index in [9.17, 15) is 18.0 Å². The fraction of sp³-hybridized carbons (Fsp3) is 0.240. The second-order valence-electron chi connectivity index (χ2n) is 8.18. The van der Waals surface area contributed by atoms with Crippen molar-refractivity contribution in [3.05, 3.63) is 71.8 Å². The minimum atomic E-state index is -4.83. The van der Waals surface area contributed by atoms with Crippen molar-refractivity contribution in [3.8, 4) is 28.4 Å². The Kier molecular flexibility index (Phi) is 4.96. The molecule has 0 atom stereocenters. The fourth-order valence-corrected chi connectivity index (χ4v) is 4.12. The molecule has 5 nitrogen and oxygen atoms in total. The van der Waals surface area contributed by atoms with E-state index in [1.807, 2.05) is 12.1 Å². The topological polar surface area (TPSA) is 56.8 Å². The SMILES string of the molecule is Cc1ccccc1-c1cc(NC(=O)C2(c3ccc4c(c3)OCO4)CC2)ccc1OC(F)(F)F.[HH]. The minimum Gasteiger partial charge on any atom is -0.454 e. The van der Waals surface area contributed by atoms with Crippen LogP contribution in [0, 0.1) is 6.92 Å². The summed E-state index contributed by atoms with van der Waals surface area (Å²) >= 11 is 0. The normalized spacial score (nSPS) is 15.8. The van der Waals surface area contributed by atoms with Gasteiger partial charge in [-0.2, -0.15) is 0 Å². The van der Waals surface area contributed by atoms with Gasteiger partial charge in [0.25, 0.3) is 0 Å². The summed E-state index contributed by atoms with van der Waals surface area (Å²) in [5.41, 5.74) is 2.12. The van der Waals surface area contributed by atoms with Crippen molar-refractivity contribution in [1.82, 2.24) is 0 Å². The standard InChI is InChI=1S/C25H20F3NO4.H2/c1-15-4-2-3-5-18(15)19-13-17(7-9-20(19)33-25(26,27)28)29-23(30)24(10-11-24)16-6-8-21-22(12-16)32-14-31-21;/h2-9,12-13H,10-11,14H2,1H3,(H,29,30);1H. The third kappa shape index (κ3) is 4.08. The molecule has 3 aromatic carbocycles. The monoisotopic (exact) mass is 457 g/mol. The number of ether oxygens (including phenoxy) is 3. The van der Waals surface area contributed by atoms with Crippen LogP contribution in [0.4, 0.5) is 18.9 Å². The number of alkyl halides is 3. The lowest BCUT2D eigenvalue weighted by atomic mass is 9.94. The Morgan fingerprint density at radius 1 is 1.00 bits per heavy atom. The Bertz CT molecular complexity index is 1240. The van der Waals surface area contributed by atoms with Crippen molar-refractivity contribution in [2.45, 2.75) is 31.5 Å². The molecule has 1 aliphatic carbocycles. The number of anilines is 1. The molecule has 2 aliphatic rings. The van der Waals surface area contributed by atoms with Gasteiger partial charge in [0.05, 0.1) is 5.41 Å². The van der Waals surface area contributed by atoms with Gasteiger partial charge in [0, 0.05) is 12.7 Å². The van der Waals surface area contributed by atoms with E-state index in [1.165, 1.54) is 18.2 Å². The van der Waals surface area contributed by atoms with E-state index in [0.717, 1.165) is 11.1 Å². The molecule has 0 bridgehead atoms. The lowest BCUT2D eigenvalue weighted by Gasteiger charge is -2.19. The number of nitrogens with one attached hydrogen (secondary N) is 1. The molecule has 33 heavy (non-hydrogen) atoms. The van der Waals surface area contributed by atoms with Gasteiger partial charge in [-0.3, -0.25) is 4.79 Å². The van der Waals surface area contributed by atoms with E-state index in [1.54, 1.807) is 37.3 Å². The van der Waals surface area contributed by atoms with Gasteiger partial charge < -0.3 is 19.5 Å². The van der Waals surface area contributed by atoms with Crippen molar-refractivity contribution in [2.24, 2.45) is 0 Å². The number of aryl methyl sites for hydroxylation is 1. The van der Waals surface area contributed by atoms with Crippen LogP contribution in [0.15, 0.2) is 60.7 Å². The summed E-state index contributed by atoms with van der Waals surface area (Å²) < 4.78 is 54.0. The number of carbonyl (C=O) groups is 1. The molecule has 1 N–H and O–H groups in total. The van der Waals surface area contributed by atoms with E-state index in [4.69, 9.17) is 9.47 Å². The van der Waals surface area contributed by atoms with Crippen molar-refractivity contribution < 1.29 is 33.6 Å². The summed E-state index contributed by atoms with van der Waals surface area (Å²) in [5.74, 6) is 0.688. The molecule has 1 saturated carbocycles. The molecule has 8 heteroatoms. The number of rotatable bonds is 5. The van der Waals surface area contributed by atoms with Crippen LogP contribution < -0.4 is 19.5 Å². The highest BCUT2D eigenvalue weighted by Gasteiger charge is 2.51. The molecule has 5 rings (SSSR count). The number of halogens is 3. The Labute approximate surface area is 189 Å². The van der Waals surface area contributed by atoms with Crippen LogP contribution in [-0.2, 0) is 10.2 Å². The highest BCUT2D eigenvalue weighted by Crippen LogP contribution is 2.51. The molecular formula is C25H22F3NO4. The second-order valence-corrected chi connectivity index (χ2v) is 8.18. The van der Waals surface area contributed by atoms with E-state index < -0.39 is 11.8 Å². The molecule has 1 heterocycles.